The first-order valence-corrected chi connectivity index (χ1v) is 24.4. The number of epoxide rings is 1. The van der Waals surface area contributed by atoms with Crippen LogP contribution in [0.3, 0.4) is 0 Å². The number of esters is 2. The molecule has 354 valence electrons. The van der Waals surface area contributed by atoms with Crippen molar-refractivity contribution >= 4 is 19.8 Å². The predicted molar refractivity (Wildman–Crippen MR) is 239 cm³/mol. The van der Waals surface area contributed by atoms with Gasteiger partial charge in [0.2, 0.25) is 0 Å². The first kappa shape index (κ1) is 55.4. The molecule has 1 saturated heterocycles. The molecule has 0 spiro atoms. The molecule has 2 aliphatic rings. The van der Waals surface area contributed by atoms with Gasteiger partial charge >= 0.3 is 19.8 Å². The third-order valence-electron chi connectivity index (χ3n) is 10.4. The van der Waals surface area contributed by atoms with E-state index in [2.05, 4.69) is 86.8 Å². The van der Waals surface area contributed by atoms with Crippen LogP contribution in [0.4, 0.5) is 0 Å². The number of hydrogen-bond acceptors (Lipinski definition) is 13. The summed E-state index contributed by atoms with van der Waals surface area (Å²) in [6.07, 6.45) is 29.7. The summed E-state index contributed by atoms with van der Waals surface area (Å²) in [6.45, 7) is 3.13. The topological polar surface area (TPSA) is 222 Å². The minimum Gasteiger partial charge on any atom is -0.462 e. The van der Waals surface area contributed by atoms with Crippen molar-refractivity contribution in [2.24, 2.45) is 0 Å². The summed E-state index contributed by atoms with van der Waals surface area (Å²) in [5.41, 5.74) is 0. The molecule has 0 aromatic heterocycles. The second-order valence-corrected chi connectivity index (χ2v) is 17.3. The molecular weight excluding hydrogens is 819 g/mol. The molecule has 2 fully saturated rings. The zero-order chi connectivity index (χ0) is 45.4. The highest BCUT2D eigenvalue weighted by Gasteiger charge is 2.51. The number of unbranched alkanes of at least 4 members (excludes halogenated alkanes) is 8. The molecule has 0 amide bonds. The Morgan fingerprint density at radius 2 is 1.05 bits per heavy atom. The van der Waals surface area contributed by atoms with E-state index in [4.69, 9.17) is 23.3 Å². The van der Waals surface area contributed by atoms with Crippen molar-refractivity contribution in [3.05, 3.63) is 72.9 Å². The van der Waals surface area contributed by atoms with Gasteiger partial charge in [-0.2, -0.15) is 0 Å². The molecule has 5 unspecified atom stereocenters. The minimum absolute atomic E-state index is 0.00393. The molecule has 6 N–H and O–H groups in total. The number of aliphatic hydroxyl groups is 5. The highest BCUT2D eigenvalue weighted by molar-refractivity contribution is 7.47. The Morgan fingerprint density at radius 1 is 0.581 bits per heavy atom. The van der Waals surface area contributed by atoms with Gasteiger partial charge in [0.15, 0.2) is 6.10 Å². The summed E-state index contributed by atoms with van der Waals surface area (Å²) in [7, 11) is -5.16. The normalized spacial score (nSPS) is 25.8. The van der Waals surface area contributed by atoms with E-state index >= 15 is 0 Å². The van der Waals surface area contributed by atoms with Crippen LogP contribution >= 0.6 is 7.82 Å². The molecule has 1 aliphatic carbocycles. The van der Waals surface area contributed by atoms with Gasteiger partial charge < -0.3 is 44.6 Å². The summed E-state index contributed by atoms with van der Waals surface area (Å²) >= 11 is 0. The summed E-state index contributed by atoms with van der Waals surface area (Å²) in [6, 6.07) is 0. The lowest BCUT2D eigenvalue weighted by Gasteiger charge is -2.41. The van der Waals surface area contributed by atoms with E-state index < -0.39 is 75.7 Å². The smallest absolute Gasteiger partial charge is 0.462 e. The lowest BCUT2D eigenvalue weighted by Crippen LogP contribution is -2.64. The van der Waals surface area contributed by atoms with Crippen molar-refractivity contribution in [1.29, 1.82) is 0 Å². The molecule has 15 heteroatoms. The molecule has 62 heavy (non-hydrogen) atoms. The van der Waals surface area contributed by atoms with E-state index in [0.717, 1.165) is 57.8 Å². The van der Waals surface area contributed by atoms with Gasteiger partial charge in [0.1, 0.15) is 43.2 Å². The van der Waals surface area contributed by atoms with Crippen LogP contribution in [-0.2, 0) is 37.4 Å². The van der Waals surface area contributed by atoms with Gasteiger partial charge in [-0.3, -0.25) is 18.6 Å². The lowest BCUT2D eigenvalue weighted by molar-refractivity contribution is -0.220. The molecule has 14 nitrogen and oxygen atoms in total. The minimum atomic E-state index is -5.16. The lowest BCUT2D eigenvalue weighted by atomic mass is 9.85. The maximum absolute atomic E-state index is 12.8. The number of carbonyl (C=O) groups excluding carboxylic acids is 2. The molecule has 0 bridgehead atoms. The Morgan fingerprint density at radius 3 is 1.58 bits per heavy atom. The van der Waals surface area contributed by atoms with Crippen LogP contribution in [0.2, 0.25) is 0 Å². The highest BCUT2D eigenvalue weighted by Crippen LogP contribution is 2.47. The Bertz CT molecular complexity index is 1430. The van der Waals surface area contributed by atoms with Crippen LogP contribution in [0, 0.1) is 0 Å². The number of ether oxygens (including phenoxy) is 3. The monoisotopic (exact) mass is 897 g/mol. The fraction of sp³-hybridized carbons (Fsp3) is 0.702. The zero-order valence-corrected chi connectivity index (χ0v) is 38.0. The number of carbonyl (C=O) groups is 2. The third-order valence-corrected chi connectivity index (χ3v) is 11.4. The fourth-order valence-electron chi connectivity index (χ4n) is 6.61. The first-order valence-electron chi connectivity index (χ1n) is 22.9. The van der Waals surface area contributed by atoms with Crippen LogP contribution in [0.1, 0.15) is 142 Å². The van der Waals surface area contributed by atoms with E-state index in [0.29, 0.717) is 19.3 Å². The Hall–Kier alpha value is -2.75. The van der Waals surface area contributed by atoms with Crippen LogP contribution in [0.5, 0.6) is 0 Å². The highest BCUT2D eigenvalue weighted by atomic mass is 31.2. The van der Waals surface area contributed by atoms with Gasteiger partial charge in [0, 0.05) is 12.8 Å². The standard InChI is InChI=1S/C47H77O14P/c1-3-5-7-9-11-13-15-17-18-19-21-23-25-27-29-33-40(48)57-35-37(36-58-62(55,56)61-47-45(53)43(51)42(50)44(52)46(47)54)59-41(49)34-30-32-39-38(60-39)31-28-26-24-22-20-16-14-12-10-8-6-4-2/h11-14,17-18,20-23,26,28,37-39,42-47,50-54H,3-10,15-16,19,24-25,27,29-36H2,1-2H3,(H,55,56)/b13-11-,14-12-,18-17-,22-20-,23-21-,28-26-/t37-,38?,39?,42?,43-,44+,45-,46-,47?/m1/s1. The van der Waals surface area contributed by atoms with E-state index in [1.165, 1.54) is 38.5 Å². The van der Waals surface area contributed by atoms with Gasteiger partial charge in [0.25, 0.3) is 0 Å². The predicted octanol–water partition coefficient (Wildman–Crippen LogP) is 7.71. The Balaban J connectivity index is 1.78. The number of phosphoric ester groups is 1. The average Bonchev–Trinajstić information content (AvgIpc) is 4.01. The largest absolute Gasteiger partial charge is 0.472 e. The quantitative estimate of drug-likeness (QED) is 0.0118. The van der Waals surface area contributed by atoms with Crippen molar-refractivity contribution in [3.8, 4) is 0 Å². The van der Waals surface area contributed by atoms with Crippen molar-refractivity contribution in [1.82, 2.24) is 0 Å². The van der Waals surface area contributed by atoms with E-state index in [9.17, 15) is 44.6 Å². The summed E-state index contributed by atoms with van der Waals surface area (Å²) < 4.78 is 39.2. The van der Waals surface area contributed by atoms with Gasteiger partial charge in [-0.1, -0.05) is 112 Å². The van der Waals surface area contributed by atoms with Crippen molar-refractivity contribution in [3.63, 3.8) is 0 Å². The summed E-state index contributed by atoms with van der Waals surface area (Å²) in [5, 5.41) is 50.2. The molecule has 1 heterocycles. The molecule has 10 atom stereocenters. The zero-order valence-electron chi connectivity index (χ0n) is 37.1. The molecule has 0 aromatic rings. The SMILES string of the molecule is CCCCC/C=C\C/C=C\C/C=C\CCCCC(=O)OC[C@H](COP(=O)(O)OC1[C@H](O)[C@H](O)C(O)[C@H](O)[C@H]1O)OC(=O)CCCC1OC1C/C=C\C/C=C\C/C=C\CCCCC. The van der Waals surface area contributed by atoms with E-state index in [-0.39, 0.29) is 25.0 Å². The first-order chi connectivity index (χ1) is 29.9. The van der Waals surface area contributed by atoms with Gasteiger partial charge in [0.05, 0.1) is 18.8 Å². The third kappa shape index (κ3) is 25.5. The van der Waals surface area contributed by atoms with Gasteiger partial charge in [-0.05, 0) is 89.9 Å². The number of hydrogen-bond donors (Lipinski definition) is 6. The van der Waals surface area contributed by atoms with Crippen LogP contribution < -0.4 is 0 Å². The van der Waals surface area contributed by atoms with Crippen molar-refractivity contribution in [2.45, 2.75) is 197 Å². The molecule has 2 rings (SSSR count). The Kier molecular flexibility index (Phi) is 30.1. The van der Waals surface area contributed by atoms with Crippen LogP contribution in [0.15, 0.2) is 72.9 Å². The van der Waals surface area contributed by atoms with Gasteiger partial charge in [-0.25, -0.2) is 4.57 Å². The molecule has 1 aliphatic heterocycles. The molecule has 0 aromatic carbocycles. The van der Waals surface area contributed by atoms with Crippen molar-refractivity contribution in [2.75, 3.05) is 13.2 Å². The molecular formula is C47H77O14P. The number of phosphoric acid groups is 1. The van der Waals surface area contributed by atoms with E-state index in [1.54, 1.807) is 0 Å². The maximum Gasteiger partial charge on any atom is 0.472 e. The molecule has 1 saturated carbocycles. The van der Waals surface area contributed by atoms with E-state index in [1.807, 2.05) is 0 Å². The summed E-state index contributed by atoms with van der Waals surface area (Å²) in [4.78, 5) is 35.8. The Labute approximate surface area is 370 Å². The number of allylic oxidation sites excluding steroid dienone is 11. The number of rotatable bonds is 35. The fourth-order valence-corrected chi connectivity index (χ4v) is 7.59. The molecule has 0 radical (unpaired) electrons. The van der Waals surface area contributed by atoms with Crippen LogP contribution in [-0.4, -0.2) is 111 Å². The maximum atomic E-state index is 12.8. The van der Waals surface area contributed by atoms with Gasteiger partial charge in [-0.15, -0.1) is 0 Å². The summed E-state index contributed by atoms with van der Waals surface area (Å²) in [5.74, 6) is -1.23. The van der Waals surface area contributed by atoms with Crippen molar-refractivity contribution < 1.29 is 67.8 Å². The second kappa shape index (κ2) is 33.7. The second-order valence-electron chi connectivity index (χ2n) is 15.9. The number of aliphatic hydroxyl groups excluding tert-OH is 5. The average molecular weight is 897 g/mol. The van der Waals surface area contributed by atoms with Crippen LogP contribution in [0.25, 0.3) is 0 Å².